The van der Waals surface area contributed by atoms with E-state index in [1.54, 1.807) is 12.1 Å². The Bertz CT molecular complexity index is 395. The molecule has 0 saturated carbocycles. The minimum atomic E-state index is -0.786. The summed E-state index contributed by atoms with van der Waals surface area (Å²) in [6.45, 7) is 6.82. The van der Waals surface area contributed by atoms with E-state index in [-0.39, 0.29) is 17.9 Å². The quantitative estimate of drug-likeness (QED) is 0.862. The Balaban J connectivity index is 2.77. The van der Waals surface area contributed by atoms with Crippen molar-refractivity contribution in [3.8, 4) is 0 Å². The molecule has 1 rings (SSSR count). The molecule has 4 heteroatoms. The fraction of sp³-hybridized carbons (Fsp3) is 0.500. The zero-order valence-electron chi connectivity index (χ0n) is 11.0. The third-order valence-corrected chi connectivity index (χ3v) is 2.89. The normalized spacial score (nSPS) is 13.3. The number of hydrogen-bond donors (Lipinski definition) is 2. The van der Waals surface area contributed by atoms with Crippen molar-refractivity contribution in [1.82, 2.24) is 5.32 Å². The van der Waals surface area contributed by atoms with Gasteiger partial charge in [-0.2, -0.15) is 0 Å². The smallest absolute Gasteiger partial charge is 0.304 e. The molecule has 0 saturated heterocycles. The average molecular weight is 270 g/mol. The van der Waals surface area contributed by atoms with Crippen LogP contribution in [0.3, 0.4) is 0 Å². The van der Waals surface area contributed by atoms with Crippen molar-refractivity contribution in [2.24, 2.45) is 0 Å². The van der Waals surface area contributed by atoms with Gasteiger partial charge in [0.05, 0.1) is 6.42 Å². The maximum atomic E-state index is 10.9. The molecule has 0 fully saturated rings. The van der Waals surface area contributed by atoms with Gasteiger partial charge in [-0.05, 0) is 38.5 Å². The summed E-state index contributed by atoms with van der Waals surface area (Å²) in [4.78, 5) is 10.9. The van der Waals surface area contributed by atoms with E-state index in [1.807, 2.05) is 12.1 Å². The van der Waals surface area contributed by atoms with Gasteiger partial charge in [0.15, 0.2) is 0 Å². The molecule has 0 radical (unpaired) electrons. The van der Waals surface area contributed by atoms with Crippen LogP contribution in [0, 0.1) is 0 Å². The van der Waals surface area contributed by atoms with Gasteiger partial charge in [0, 0.05) is 23.0 Å². The lowest BCUT2D eigenvalue weighted by Crippen LogP contribution is -2.39. The third-order valence-electron chi connectivity index (χ3n) is 2.64. The van der Waals surface area contributed by atoms with E-state index < -0.39 is 5.97 Å². The first-order valence-electron chi connectivity index (χ1n) is 6.00. The molecule has 0 aliphatic carbocycles. The number of halogens is 1. The number of nitrogens with one attached hydrogen (secondary N) is 1. The van der Waals surface area contributed by atoms with Crippen LogP contribution in [0.1, 0.15) is 38.7 Å². The van der Waals surface area contributed by atoms with Crippen molar-refractivity contribution in [3.05, 3.63) is 34.9 Å². The Morgan fingerprint density at radius 3 is 2.33 bits per heavy atom. The van der Waals surface area contributed by atoms with Crippen LogP contribution in [0.2, 0.25) is 5.02 Å². The number of hydrogen-bond acceptors (Lipinski definition) is 2. The zero-order valence-corrected chi connectivity index (χ0v) is 11.8. The highest BCUT2D eigenvalue weighted by molar-refractivity contribution is 6.30. The minimum absolute atomic E-state index is 0.0246. The molecular formula is C14H20ClNO2. The maximum Gasteiger partial charge on any atom is 0.304 e. The van der Waals surface area contributed by atoms with Crippen LogP contribution >= 0.6 is 11.6 Å². The van der Waals surface area contributed by atoms with Gasteiger partial charge < -0.3 is 10.4 Å². The molecule has 3 nitrogen and oxygen atoms in total. The lowest BCUT2D eigenvalue weighted by molar-refractivity contribution is -0.137. The highest BCUT2D eigenvalue weighted by Gasteiger charge is 2.18. The Kier molecular flexibility index (Phi) is 5.17. The third kappa shape index (κ3) is 5.52. The Morgan fingerprint density at radius 1 is 1.33 bits per heavy atom. The molecule has 0 spiro atoms. The van der Waals surface area contributed by atoms with Crippen LogP contribution in [0.5, 0.6) is 0 Å². The van der Waals surface area contributed by atoms with Crippen molar-refractivity contribution < 1.29 is 9.90 Å². The topological polar surface area (TPSA) is 49.3 Å². The predicted molar refractivity (Wildman–Crippen MR) is 74.2 cm³/mol. The molecule has 0 aliphatic rings. The Morgan fingerprint density at radius 2 is 1.89 bits per heavy atom. The molecule has 0 amide bonds. The molecule has 1 aromatic rings. The number of carbonyl (C=O) groups is 1. The van der Waals surface area contributed by atoms with E-state index in [1.165, 1.54) is 0 Å². The van der Waals surface area contributed by atoms with E-state index in [0.717, 1.165) is 5.56 Å². The minimum Gasteiger partial charge on any atom is -0.481 e. The lowest BCUT2D eigenvalue weighted by atomic mass is 9.94. The van der Waals surface area contributed by atoms with Crippen LogP contribution in [0.4, 0.5) is 0 Å². The summed E-state index contributed by atoms with van der Waals surface area (Å²) in [5, 5.41) is 13.0. The Hall–Kier alpha value is -1.06. The average Bonchev–Trinajstić information content (AvgIpc) is 2.24. The molecule has 1 atom stereocenters. The first-order chi connectivity index (χ1) is 8.28. The fourth-order valence-corrected chi connectivity index (χ4v) is 1.81. The largest absolute Gasteiger partial charge is 0.481 e. The van der Waals surface area contributed by atoms with Gasteiger partial charge in [-0.15, -0.1) is 0 Å². The lowest BCUT2D eigenvalue weighted by Gasteiger charge is -2.25. The number of benzene rings is 1. The monoisotopic (exact) mass is 269 g/mol. The summed E-state index contributed by atoms with van der Waals surface area (Å²) in [5.74, 6) is -0.829. The highest BCUT2D eigenvalue weighted by atomic mass is 35.5. The fourth-order valence-electron chi connectivity index (χ4n) is 1.68. The first kappa shape index (κ1) is 15.0. The van der Waals surface area contributed by atoms with Gasteiger partial charge in [-0.3, -0.25) is 4.79 Å². The van der Waals surface area contributed by atoms with Gasteiger partial charge >= 0.3 is 5.97 Å². The first-order valence-corrected chi connectivity index (χ1v) is 6.38. The molecule has 100 valence electrons. The number of rotatable bonds is 5. The van der Waals surface area contributed by atoms with Crippen LogP contribution in [-0.2, 0) is 4.79 Å². The molecule has 0 bridgehead atoms. The summed E-state index contributed by atoms with van der Waals surface area (Å²) in [7, 11) is 0. The van der Waals surface area contributed by atoms with E-state index >= 15 is 0 Å². The summed E-state index contributed by atoms with van der Waals surface area (Å²) >= 11 is 5.84. The molecule has 2 N–H and O–H groups in total. The van der Waals surface area contributed by atoms with Gasteiger partial charge in [-0.1, -0.05) is 23.7 Å². The van der Waals surface area contributed by atoms with E-state index in [9.17, 15) is 4.79 Å². The molecule has 0 aromatic heterocycles. The van der Waals surface area contributed by atoms with Crippen molar-refractivity contribution in [3.63, 3.8) is 0 Å². The van der Waals surface area contributed by atoms with Crippen LogP contribution < -0.4 is 5.32 Å². The second-order valence-corrected chi connectivity index (χ2v) is 5.91. The zero-order chi connectivity index (χ0) is 13.8. The van der Waals surface area contributed by atoms with E-state index in [4.69, 9.17) is 16.7 Å². The van der Waals surface area contributed by atoms with E-state index in [2.05, 4.69) is 26.1 Å². The molecule has 0 heterocycles. The van der Waals surface area contributed by atoms with Crippen LogP contribution in [0.25, 0.3) is 0 Å². The predicted octanol–water partition coefficient (Wildman–Crippen LogP) is 3.29. The number of aliphatic carboxylic acids is 1. The molecule has 18 heavy (non-hydrogen) atoms. The van der Waals surface area contributed by atoms with Crippen molar-refractivity contribution in [1.29, 1.82) is 0 Å². The van der Waals surface area contributed by atoms with Gasteiger partial charge in [0.25, 0.3) is 0 Å². The molecule has 1 aromatic carbocycles. The SMILES string of the molecule is CC(C)(C)NCC(CC(=O)O)c1ccc(Cl)cc1. The molecule has 1 unspecified atom stereocenters. The number of carboxylic acid groups (broad SMARTS) is 1. The summed E-state index contributed by atoms with van der Waals surface area (Å²) in [6, 6.07) is 7.37. The molecule has 0 aliphatic heterocycles. The van der Waals surface area contributed by atoms with Gasteiger partial charge in [0.1, 0.15) is 0 Å². The van der Waals surface area contributed by atoms with Crippen LogP contribution in [-0.4, -0.2) is 23.2 Å². The van der Waals surface area contributed by atoms with E-state index in [0.29, 0.717) is 11.6 Å². The summed E-state index contributed by atoms with van der Waals surface area (Å²) < 4.78 is 0. The summed E-state index contributed by atoms with van der Waals surface area (Å²) in [5.41, 5.74) is 0.974. The molecular weight excluding hydrogens is 250 g/mol. The second kappa shape index (κ2) is 6.21. The second-order valence-electron chi connectivity index (χ2n) is 5.48. The van der Waals surface area contributed by atoms with Crippen LogP contribution in [0.15, 0.2) is 24.3 Å². The standard InChI is InChI=1S/C14H20ClNO2/c1-14(2,3)16-9-11(8-13(17)18)10-4-6-12(15)7-5-10/h4-7,11,16H,8-9H2,1-3H3,(H,17,18). The van der Waals surface area contributed by atoms with Crippen molar-refractivity contribution >= 4 is 17.6 Å². The van der Waals surface area contributed by atoms with Gasteiger partial charge in [0.2, 0.25) is 0 Å². The summed E-state index contributed by atoms with van der Waals surface area (Å²) in [6.07, 6.45) is 0.116. The highest BCUT2D eigenvalue weighted by Crippen LogP contribution is 2.22. The maximum absolute atomic E-state index is 10.9. The van der Waals surface area contributed by atoms with Crippen molar-refractivity contribution in [2.75, 3.05) is 6.54 Å². The van der Waals surface area contributed by atoms with Gasteiger partial charge in [-0.25, -0.2) is 0 Å². The van der Waals surface area contributed by atoms with Crippen molar-refractivity contribution in [2.45, 2.75) is 38.6 Å². The Labute approximate surface area is 113 Å². The number of carboxylic acids is 1.